The molecular weight excluding hydrogens is 210 g/mol. The number of quaternary nitrogens is 1. The van der Waals surface area contributed by atoms with Crippen LogP contribution in [0.2, 0.25) is 0 Å². The molecule has 0 heterocycles. The molecule has 0 fully saturated rings. The Hall–Kier alpha value is -0.570. The maximum atomic E-state index is 5.50. The maximum Gasteiger partial charge on any atom is 0.131 e. The normalized spacial score (nSPS) is 13.1. The minimum atomic E-state index is 0. The number of hydrogen-bond donors (Lipinski definition) is 0. The second-order valence-corrected chi connectivity index (χ2v) is 4.61. The summed E-state index contributed by atoms with van der Waals surface area (Å²) in [5.41, 5.74) is 1.25. The molecule has 0 aromatic heterocycles. The Bertz CT molecular complexity index is 269. The van der Waals surface area contributed by atoms with Crippen LogP contribution in [0, 0.1) is 0 Å². The lowest BCUT2D eigenvalue weighted by Gasteiger charge is -2.28. The first-order valence-electron chi connectivity index (χ1n) is 4.91. The number of halogens is 1. The fourth-order valence-electron chi connectivity index (χ4n) is 1.48. The minimum Gasteiger partial charge on any atom is -1.00 e. The molecule has 1 aromatic rings. The van der Waals surface area contributed by atoms with Gasteiger partial charge in [0, 0.05) is 7.11 Å². The van der Waals surface area contributed by atoms with Crippen LogP contribution in [0.5, 0.6) is 0 Å². The van der Waals surface area contributed by atoms with Crippen molar-refractivity contribution in [1.29, 1.82) is 0 Å². The van der Waals surface area contributed by atoms with Crippen molar-refractivity contribution in [2.45, 2.75) is 6.10 Å². The summed E-state index contributed by atoms with van der Waals surface area (Å²) in [6.07, 6.45) is 0.191. The first-order chi connectivity index (χ1) is 6.53. The largest absolute Gasteiger partial charge is 1.00 e. The highest BCUT2D eigenvalue weighted by Gasteiger charge is 2.18. The molecule has 0 saturated carbocycles. The van der Waals surface area contributed by atoms with Crippen molar-refractivity contribution in [3.63, 3.8) is 0 Å². The van der Waals surface area contributed by atoms with Crippen molar-refractivity contribution in [2.75, 3.05) is 34.8 Å². The molecule has 0 saturated heterocycles. The summed E-state index contributed by atoms with van der Waals surface area (Å²) in [7, 11) is 8.30. The molecule has 1 unspecified atom stereocenters. The molecule has 0 spiro atoms. The van der Waals surface area contributed by atoms with E-state index in [0.29, 0.717) is 0 Å². The van der Waals surface area contributed by atoms with Gasteiger partial charge in [-0.25, -0.2) is 0 Å². The minimum absolute atomic E-state index is 0. The van der Waals surface area contributed by atoms with E-state index in [4.69, 9.17) is 4.74 Å². The Morgan fingerprint density at radius 2 is 1.67 bits per heavy atom. The number of rotatable bonds is 4. The van der Waals surface area contributed by atoms with Crippen molar-refractivity contribution in [3.05, 3.63) is 35.9 Å². The third kappa shape index (κ3) is 5.17. The zero-order chi connectivity index (χ0) is 10.6. The van der Waals surface area contributed by atoms with E-state index in [1.54, 1.807) is 7.11 Å². The Morgan fingerprint density at radius 3 is 2.07 bits per heavy atom. The summed E-state index contributed by atoms with van der Waals surface area (Å²) < 4.78 is 6.41. The summed E-state index contributed by atoms with van der Waals surface area (Å²) in [6.45, 7) is 0.987. The lowest BCUT2D eigenvalue weighted by Crippen LogP contribution is -3.00. The lowest BCUT2D eigenvalue weighted by molar-refractivity contribution is -0.874. The maximum absolute atomic E-state index is 5.50. The van der Waals surface area contributed by atoms with Gasteiger partial charge in [-0.05, 0) is 5.56 Å². The van der Waals surface area contributed by atoms with Gasteiger partial charge in [0.25, 0.3) is 0 Å². The summed E-state index contributed by atoms with van der Waals surface area (Å²) >= 11 is 0. The second kappa shape index (κ2) is 6.11. The predicted molar refractivity (Wildman–Crippen MR) is 59.1 cm³/mol. The fourth-order valence-corrected chi connectivity index (χ4v) is 1.48. The van der Waals surface area contributed by atoms with Crippen LogP contribution in [0.4, 0.5) is 0 Å². The first-order valence-corrected chi connectivity index (χ1v) is 4.91. The van der Waals surface area contributed by atoms with Crippen LogP contribution >= 0.6 is 0 Å². The standard InChI is InChI=1S/C12H20NO.ClH/c1-13(2,3)10-12(14-4)11-8-6-5-7-9-11;/h5-9,12H,10H2,1-4H3;1H/q+1;/p-1. The van der Waals surface area contributed by atoms with Gasteiger partial charge in [0.15, 0.2) is 0 Å². The van der Waals surface area contributed by atoms with Gasteiger partial charge in [0.1, 0.15) is 12.6 Å². The SMILES string of the molecule is COC(C[N+](C)(C)C)c1ccccc1.[Cl-]. The van der Waals surface area contributed by atoms with E-state index in [9.17, 15) is 0 Å². The van der Waals surface area contributed by atoms with Crippen LogP contribution < -0.4 is 12.4 Å². The topological polar surface area (TPSA) is 9.23 Å². The van der Waals surface area contributed by atoms with E-state index < -0.39 is 0 Å². The average Bonchev–Trinajstić information content (AvgIpc) is 2.14. The predicted octanol–water partition coefficient (Wildman–Crippen LogP) is -0.916. The highest BCUT2D eigenvalue weighted by molar-refractivity contribution is 5.17. The molecule has 0 aliphatic rings. The van der Waals surface area contributed by atoms with Gasteiger partial charge in [-0.3, -0.25) is 0 Å². The number of benzene rings is 1. The highest BCUT2D eigenvalue weighted by atomic mass is 35.5. The molecule has 3 heteroatoms. The van der Waals surface area contributed by atoms with Crippen molar-refractivity contribution in [2.24, 2.45) is 0 Å². The van der Waals surface area contributed by atoms with Crippen LogP contribution in [0.1, 0.15) is 11.7 Å². The zero-order valence-electron chi connectivity index (χ0n) is 9.90. The molecule has 86 valence electrons. The van der Waals surface area contributed by atoms with Crippen molar-refractivity contribution in [3.8, 4) is 0 Å². The van der Waals surface area contributed by atoms with E-state index in [-0.39, 0.29) is 18.5 Å². The molecule has 0 aliphatic heterocycles. The van der Waals surface area contributed by atoms with Gasteiger partial charge in [-0.1, -0.05) is 30.3 Å². The van der Waals surface area contributed by atoms with Gasteiger partial charge < -0.3 is 21.6 Å². The second-order valence-electron chi connectivity index (χ2n) is 4.61. The van der Waals surface area contributed by atoms with Gasteiger partial charge in [0.05, 0.1) is 21.1 Å². The Labute approximate surface area is 98.9 Å². The lowest BCUT2D eigenvalue weighted by atomic mass is 10.1. The summed E-state index contributed by atoms with van der Waals surface area (Å²) in [6, 6.07) is 10.4. The smallest absolute Gasteiger partial charge is 0.131 e. The molecule has 1 atom stereocenters. The Morgan fingerprint density at radius 1 is 1.13 bits per heavy atom. The van der Waals surface area contributed by atoms with Crippen molar-refractivity contribution >= 4 is 0 Å². The van der Waals surface area contributed by atoms with Crippen LogP contribution in [0.25, 0.3) is 0 Å². The summed E-state index contributed by atoms with van der Waals surface area (Å²) in [5.74, 6) is 0. The van der Waals surface area contributed by atoms with E-state index in [1.807, 2.05) is 6.07 Å². The molecule has 1 aromatic carbocycles. The molecule has 0 N–H and O–H groups in total. The van der Waals surface area contributed by atoms with Crippen LogP contribution in [0.3, 0.4) is 0 Å². The third-order valence-corrected chi connectivity index (χ3v) is 2.17. The molecule has 0 bridgehead atoms. The van der Waals surface area contributed by atoms with Crippen molar-refractivity contribution < 1.29 is 21.6 Å². The van der Waals surface area contributed by atoms with E-state index in [1.165, 1.54) is 5.56 Å². The van der Waals surface area contributed by atoms with Gasteiger partial charge in [-0.2, -0.15) is 0 Å². The van der Waals surface area contributed by atoms with Crippen LogP contribution in [0.15, 0.2) is 30.3 Å². The zero-order valence-corrected chi connectivity index (χ0v) is 10.7. The van der Waals surface area contributed by atoms with E-state index >= 15 is 0 Å². The molecule has 2 nitrogen and oxygen atoms in total. The van der Waals surface area contributed by atoms with Crippen LogP contribution in [-0.4, -0.2) is 39.3 Å². The van der Waals surface area contributed by atoms with Crippen LogP contribution in [-0.2, 0) is 4.74 Å². The quantitative estimate of drug-likeness (QED) is 0.608. The van der Waals surface area contributed by atoms with Crippen molar-refractivity contribution in [1.82, 2.24) is 0 Å². The Kier molecular flexibility index (Phi) is 5.88. The number of likely N-dealkylation sites (N-methyl/N-ethyl adjacent to an activating group) is 1. The van der Waals surface area contributed by atoms with Gasteiger partial charge in [-0.15, -0.1) is 0 Å². The summed E-state index contributed by atoms with van der Waals surface area (Å²) in [4.78, 5) is 0. The number of nitrogens with zero attached hydrogens (tertiary/aromatic N) is 1. The summed E-state index contributed by atoms with van der Waals surface area (Å²) in [5, 5.41) is 0. The monoisotopic (exact) mass is 229 g/mol. The molecule has 0 amide bonds. The van der Waals surface area contributed by atoms with Gasteiger partial charge in [0.2, 0.25) is 0 Å². The fraction of sp³-hybridized carbons (Fsp3) is 0.500. The molecule has 1 rings (SSSR count). The number of ether oxygens (including phenoxy) is 1. The number of methoxy groups -OCH3 is 1. The average molecular weight is 230 g/mol. The molecule has 15 heavy (non-hydrogen) atoms. The molecule has 0 aliphatic carbocycles. The van der Waals surface area contributed by atoms with Gasteiger partial charge >= 0.3 is 0 Å². The van der Waals surface area contributed by atoms with E-state index in [2.05, 4.69) is 45.4 Å². The first kappa shape index (κ1) is 14.4. The molecule has 0 radical (unpaired) electrons. The Balaban J connectivity index is 0.00000196. The molecular formula is C12H20ClNO. The third-order valence-electron chi connectivity index (χ3n) is 2.17. The highest BCUT2D eigenvalue weighted by Crippen LogP contribution is 2.18. The number of hydrogen-bond acceptors (Lipinski definition) is 1. The van der Waals surface area contributed by atoms with E-state index in [0.717, 1.165) is 11.0 Å².